The molecule has 6 heteroatoms. The number of anilines is 1. The smallest absolute Gasteiger partial charge is 0.256 e. The van der Waals surface area contributed by atoms with Crippen molar-refractivity contribution >= 4 is 11.6 Å². The van der Waals surface area contributed by atoms with E-state index in [0.717, 1.165) is 16.8 Å². The number of hydrogen-bond acceptors (Lipinski definition) is 3. The third-order valence-corrected chi connectivity index (χ3v) is 5.07. The standard InChI is InChI=1S/C22H19F2N3O/c1-13-8-14(5-6-20(13)25-2)15-9-18(23)17(19(24)10-15)11-27-12-21-16(22(27)28)4-3-7-26-21/h3-10,25H,11-12H2,1-2H3. The third-order valence-electron chi connectivity index (χ3n) is 5.07. The zero-order valence-electron chi connectivity index (χ0n) is 15.6. The van der Waals surface area contributed by atoms with Crippen molar-refractivity contribution in [2.75, 3.05) is 12.4 Å². The number of amides is 1. The van der Waals surface area contributed by atoms with Crippen molar-refractivity contribution in [2.45, 2.75) is 20.0 Å². The molecule has 142 valence electrons. The fraction of sp³-hybridized carbons (Fsp3) is 0.182. The highest BCUT2D eigenvalue weighted by Gasteiger charge is 2.29. The first-order valence-electron chi connectivity index (χ1n) is 8.98. The van der Waals surface area contributed by atoms with Gasteiger partial charge in [-0.15, -0.1) is 0 Å². The van der Waals surface area contributed by atoms with E-state index in [1.54, 1.807) is 18.3 Å². The molecule has 0 bridgehead atoms. The second-order valence-corrected chi connectivity index (χ2v) is 6.86. The van der Waals surface area contributed by atoms with E-state index in [4.69, 9.17) is 0 Å². The van der Waals surface area contributed by atoms with Gasteiger partial charge in [0.05, 0.1) is 24.3 Å². The second-order valence-electron chi connectivity index (χ2n) is 6.86. The summed E-state index contributed by atoms with van der Waals surface area (Å²) in [6.07, 6.45) is 1.60. The Balaban J connectivity index is 1.62. The summed E-state index contributed by atoms with van der Waals surface area (Å²) in [5, 5.41) is 3.07. The number of halogens is 2. The Kier molecular flexibility index (Phi) is 4.55. The fourth-order valence-electron chi connectivity index (χ4n) is 3.54. The maximum absolute atomic E-state index is 14.7. The van der Waals surface area contributed by atoms with E-state index in [0.29, 0.717) is 16.8 Å². The summed E-state index contributed by atoms with van der Waals surface area (Å²) in [6, 6.07) is 11.6. The van der Waals surface area contributed by atoms with Gasteiger partial charge in [-0.2, -0.15) is 0 Å². The molecule has 0 atom stereocenters. The van der Waals surface area contributed by atoms with Gasteiger partial charge in [0.1, 0.15) is 11.6 Å². The van der Waals surface area contributed by atoms with Crippen LogP contribution in [-0.4, -0.2) is 22.8 Å². The van der Waals surface area contributed by atoms with Gasteiger partial charge < -0.3 is 10.2 Å². The molecule has 28 heavy (non-hydrogen) atoms. The largest absolute Gasteiger partial charge is 0.388 e. The number of hydrogen-bond donors (Lipinski definition) is 1. The Morgan fingerprint density at radius 3 is 2.50 bits per heavy atom. The Morgan fingerprint density at radius 1 is 1.11 bits per heavy atom. The van der Waals surface area contributed by atoms with E-state index in [9.17, 15) is 13.6 Å². The van der Waals surface area contributed by atoms with Crippen molar-refractivity contribution in [1.29, 1.82) is 0 Å². The maximum atomic E-state index is 14.7. The van der Waals surface area contributed by atoms with Gasteiger partial charge >= 0.3 is 0 Å². The first kappa shape index (κ1) is 18.1. The topological polar surface area (TPSA) is 45.2 Å². The predicted octanol–water partition coefficient (Wildman–Crippen LogP) is 4.53. The van der Waals surface area contributed by atoms with Crippen LogP contribution >= 0.6 is 0 Å². The van der Waals surface area contributed by atoms with Crippen LogP contribution in [0.25, 0.3) is 11.1 Å². The van der Waals surface area contributed by atoms with Gasteiger partial charge in [-0.3, -0.25) is 9.78 Å². The van der Waals surface area contributed by atoms with Crippen LogP contribution in [0.5, 0.6) is 0 Å². The molecule has 1 aromatic heterocycles. The highest BCUT2D eigenvalue weighted by molar-refractivity contribution is 5.97. The Morgan fingerprint density at radius 2 is 1.86 bits per heavy atom. The average Bonchev–Trinajstić information content (AvgIpc) is 3.00. The van der Waals surface area contributed by atoms with Crippen molar-refractivity contribution in [2.24, 2.45) is 0 Å². The SMILES string of the molecule is CNc1ccc(-c2cc(F)c(CN3Cc4ncccc4C3=O)c(F)c2)cc1C. The molecule has 0 aliphatic carbocycles. The number of nitrogens with zero attached hydrogens (tertiary/aromatic N) is 2. The Labute approximate surface area is 161 Å². The normalized spacial score (nSPS) is 13.0. The molecule has 0 radical (unpaired) electrons. The zero-order valence-corrected chi connectivity index (χ0v) is 15.6. The number of rotatable bonds is 4. The number of nitrogens with one attached hydrogen (secondary N) is 1. The molecule has 1 aliphatic rings. The molecule has 0 saturated heterocycles. The number of fused-ring (bicyclic) bond motifs is 1. The molecule has 1 N–H and O–H groups in total. The van der Waals surface area contributed by atoms with Crippen LogP contribution in [0.4, 0.5) is 14.5 Å². The number of aryl methyl sites for hydroxylation is 1. The molecule has 0 fully saturated rings. The van der Waals surface area contributed by atoms with Gasteiger partial charge in [-0.25, -0.2) is 8.78 Å². The maximum Gasteiger partial charge on any atom is 0.256 e. The molecule has 4 rings (SSSR count). The molecule has 1 amide bonds. The van der Waals surface area contributed by atoms with Crippen LogP contribution in [0.1, 0.15) is 27.2 Å². The van der Waals surface area contributed by atoms with Crippen LogP contribution in [-0.2, 0) is 13.1 Å². The van der Waals surface area contributed by atoms with Gasteiger partial charge in [0.15, 0.2) is 0 Å². The number of pyridine rings is 1. The lowest BCUT2D eigenvalue weighted by molar-refractivity contribution is 0.0763. The molecule has 2 aromatic carbocycles. The lowest BCUT2D eigenvalue weighted by atomic mass is 10.00. The number of aromatic nitrogens is 1. The van der Waals surface area contributed by atoms with E-state index < -0.39 is 11.6 Å². The minimum atomic E-state index is -0.665. The lowest BCUT2D eigenvalue weighted by Gasteiger charge is -2.17. The van der Waals surface area contributed by atoms with Gasteiger partial charge in [-0.1, -0.05) is 6.07 Å². The number of carbonyl (C=O) groups is 1. The van der Waals surface area contributed by atoms with Gasteiger partial charge in [0.25, 0.3) is 5.91 Å². The minimum Gasteiger partial charge on any atom is -0.388 e. The summed E-state index contributed by atoms with van der Waals surface area (Å²) >= 11 is 0. The van der Waals surface area contributed by atoms with E-state index in [1.807, 2.05) is 32.2 Å². The number of benzene rings is 2. The molecule has 2 heterocycles. The number of carbonyl (C=O) groups excluding carboxylic acids is 1. The lowest BCUT2D eigenvalue weighted by Crippen LogP contribution is -2.24. The summed E-state index contributed by atoms with van der Waals surface area (Å²) in [4.78, 5) is 18.0. The molecule has 1 aliphatic heterocycles. The Hall–Kier alpha value is -3.28. The molecule has 0 spiro atoms. The highest BCUT2D eigenvalue weighted by atomic mass is 19.1. The van der Waals surface area contributed by atoms with Crippen molar-refractivity contribution < 1.29 is 13.6 Å². The molecule has 0 saturated carbocycles. The quantitative estimate of drug-likeness (QED) is 0.724. The van der Waals surface area contributed by atoms with Crippen molar-refractivity contribution in [3.8, 4) is 11.1 Å². The van der Waals surface area contributed by atoms with Gasteiger partial charge in [0.2, 0.25) is 0 Å². The zero-order chi connectivity index (χ0) is 19.8. The van der Waals surface area contributed by atoms with Gasteiger partial charge in [-0.05, 0) is 60.0 Å². The first-order chi connectivity index (χ1) is 13.5. The van der Waals surface area contributed by atoms with Crippen LogP contribution in [0.2, 0.25) is 0 Å². The van der Waals surface area contributed by atoms with Crippen molar-refractivity contribution in [3.05, 3.63) is 82.7 Å². The van der Waals surface area contributed by atoms with Crippen LogP contribution in [0, 0.1) is 18.6 Å². The van der Waals surface area contributed by atoms with E-state index in [2.05, 4.69) is 10.3 Å². The molecule has 0 unspecified atom stereocenters. The molecular weight excluding hydrogens is 360 g/mol. The summed E-state index contributed by atoms with van der Waals surface area (Å²) in [6.45, 7) is 2.05. The van der Waals surface area contributed by atoms with Gasteiger partial charge in [0, 0.05) is 24.5 Å². The van der Waals surface area contributed by atoms with Crippen molar-refractivity contribution in [1.82, 2.24) is 9.88 Å². The summed E-state index contributed by atoms with van der Waals surface area (Å²) in [5.41, 5.74) is 4.13. The van der Waals surface area contributed by atoms with Crippen LogP contribution < -0.4 is 5.32 Å². The molecule has 3 aromatic rings. The monoisotopic (exact) mass is 379 g/mol. The average molecular weight is 379 g/mol. The van der Waals surface area contributed by atoms with E-state index >= 15 is 0 Å². The van der Waals surface area contributed by atoms with E-state index in [-0.39, 0.29) is 24.6 Å². The summed E-state index contributed by atoms with van der Waals surface area (Å²) < 4.78 is 29.5. The first-order valence-corrected chi connectivity index (χ1v) is 8.98. The van der Waals surface area contributed by atoms with Crippen LogP contribution in [0.15, 0.2) is 48.7 Å². The molecule has 4 nitrogen and oxygen atoms in total. The van der Waals surface area contributed by atoms with Crippen LogP contribution in [0.3, 0.4) is 0 Å². The minimum absolute atomic E-state index is 0.117. The third kappa shape index (κ3) is 3.11. The Bertz CT molecular complexity index is 1060. The summed E-state index contributed by atoms with van der Waals surface area (Å²) in [5.74, 6) is -1.59. The second kappa shape index (κ2) is 7.03. The van der Waals surface area contributed by atoms with E-state index in [1.165, 1.54) is 17.0 Å². The van der Waals surface area contributed by atoms with Crippen molar-refractivity contribution in [3.63, 3.8) is 0 Å². The predicted molar refractivity (Wildman–Crippen MR) is 104 cm³/mol. The summed E-state index contributed by atoms with van der Waals surface area (Å²) in [7, 11) is 1.82. The highest BCUT2D eigenvalue weighted by Crippen LogP contribution is 2.30. The molecular formula is C22H19F2N3O. The fourth-order valence-corrected chi connectivity index (χ4v) is 3.54.